The summed E-state index contributed by atoms with van der Waals surface area (Å²) in [5.74, 6) is -0.261. The molecule has 1 heterocycles. The number of benzene rings is 1. The molecule has 1 unspecified atom stereocenters. The molecule has 1 saturated heterocycles. The monoisotopic (exact) mass is 309 g/mol. The molecule has 20 heavy (non-hydrogen) atoms. The number of rotatable bonds is 4. The van der Waals surface area contributed by atoms with Crippen LogP contribution in [-0.4, -0.2) is 36.8 Å². The van der Waals surface area contributed by atoms with Gasteiger partial charge in [-0.1, -0.05) is 0 Å². The molecule has 1 aliphatic rings. The van der Waals surface area contributed by atoms with Gasteiger partial charge in [-0.3, -0.25) is 4.72 Å². The van der Waals surface area contributed by atoms with Crippen LogP contribution in [0.4, 0.5) is 13.2 Å². The summed E-state index contributed by atoms with van der Waals surface area (Å²) in [5, 5.41) is 9.72. The van der Waals surface area contributed by atoms with Crippen LogP contribution in [0.1, 0.15) is 6.42 Å². The Kier molecular flexibility index (Phi) is 5.14. The van der Waals surface area contributed by atoms with E-state index in [0.29, 0.717) is 19.6 Å². The molecule has 112 valence electrons. The summed E-state index contributed by atoms with van der Waals surface area (Å²) in [6.45, 7) is 0.941. The van der Waals surface area contributed by atoms with Crippen molar-refractivity contribution >= 4 is 11.9 Å². The second-order valence-corrected chi connectivity index (χ2v) is 5.19. The number of aliphatic hydroxyl groups excluding tert-OH is 1. The Labute approximate surface area is 118 Å². The summed E-state index contributed by atoms with van der Waals surface area (Å²) in [7, 11) is 0. The topological polar surface area (TPSA) is 50.7 Å². The van der Waals surface area contributed by atoms with Gasteiger partial charge in [0.25, 0.3) is 0 Å². The van der Waals surface area contributed by atoms with E-state index in [1.807, 2.05) is 0 Å². The van der Waals surface area contributed by atoms with Gasteiger partial charge in [-0.15, -0.1) is 13.2 Å². The van der Waals surface area contributed by atoms with E-state index in [4.69, 9.17) is 4.74 Å². The van der Waals surface area contributed by atoms with E-state index in [1.165, 1.54) is 36.2 Å². The molecule has 0 aliphatic carbocycles. The molecule has 0 aromatic heterocycles. The largest absolute Gasteiger partial charge is 0.573 e. The fourth-order valence-electron chi connectivity index (χ4n) is 1.69. The van der Waals surface area contributed by atoms with Crippen molar-refractivity contribution in [2.45, 2.75) is 29.8 Å². The molecule has 4 nitrogen and oxygen atoms in total. The third kappa shape index (κ3) is 4.86. The van der Waals surface area contributed by atoms with Crippen molar-refractivity contribution < 1.29 is 27.8 Å². The zero-order valence-corrected chi connectivity index (χ0v) is 11.2. The van der Waals surface area contributed by atoms with Gasteiger partial charge in [-0.2, -0.15) is 0 Å². The molecular formula is C12H14F3NO3S. The van der Waals surface area contributed by atoms with Crippen molar-refractivity contribution in [1.29, 1.82) is 0 Å². The third-order valence-corrected chi connectivity index (χ3v) is 3.63. The number of ether oxygens (including phenoxy) is 2. The first kappa shape index (κ1) is 15.4. The van der Waals surface area contributed by atoms with Gasteiger partial charge in [0.05, 0.1) is 18.8 Å². The molecule has 0 bridgehead atoms. The lowest BCUT2D eigenvalue weighted by atomic mass is 10.1. The Hall–Kier alpha value is -0.960. The quantitative estimate of drug-likeness (QED) is 0.836. The van der Waals surface area contributed by atoms with Crippen LogP contribution in [0, 0.1) is 0 Å². The number of aliphatic hydroxyl groups is 1. The minimum atomic E-state index is -4.68. The highest BCUT2D eigenvalue weighted by molar-refractivity contribution is 7.97. The zero-order valence-electron chi connectivity index (χ0n) is 10.4. The maximum absolute atomic E-state index is 12.0. The number of nitrogens with one attached hydrogen (secondary N) is 1. The van der Waals surface area contributed by atoms with Gasteiger partial charge in [-0.05, 0) is 42.6 Å². The Morgan fingerprint density at radius 1 is 1.30 bits per heavy atom. The average Bonchev–Trinajstić information content (AvgIpc) is 2.38. The normalized spacial score (nSPS) is 23.6. The third-order valence-electron chi connectivity index (χ3n) is 2.71. The van der Waals surface area contributed by atoms with Crippen LogP contribution in [0.5, 0.6) is 5.75 Å². The Morgan fingerprint density at radius 3 is 2.60 bits per heavy atom. The van der Waals surface area contributed by atoms with E-state index in [0.717, 1.165) is 4.90 Å². The molecule has 1 fully saturated rings. The molecule has 0 radical (unpaired) electrons. The van der Waals surface area contributed by atoms with E-state index in [2.05, 4.69) is 9.46 Å². The van der Waals surface area contributed by atoms with Crippen molar-refractivity contribution in [2.24, 2.45) is 0 Å². The fourth-order valence-corrected chi connectivity index (χ4v) is 2.48. The van der Waals surface area contributed by atoms with E-state index in [9.17, 15) is 18.3 Å². The number of hydrogen-bond donors (Lipinski definition) is 2. The maximum Gasteiger partial charge on any atom is 0.573 e. The number of halogens is 3. The first-order valence-electron chi connectivity index (χ1n) is 5.98. The minimum Gasteiger partial charge on any atom is -0.406 e. The molecule has 1 aromatic rings. The fraction of sp³-hybridized carbons (Fsp3) is 0.500. The average molecular weight is 309 g/mol. The first-order chi connectivity index (χ1) is 9.44. The van der Waals surface area contributed by atoms with Gasteiger partial charge in [0.2, 0.25) is 0 Å². The van der Waals surface area contributed by atoms with E-state index in [1.54, 1.807) is 0 Å². The summed E-state index contributed by atoms with van der Waals surface area (Å²) in [6.07, 6.45) is -4.60. The lowest BCUT2D eigenvalue weighted by Gasteiger charge is -2.27. The van der Waals surface area contributed by atoms with Gasteiger partial charge in [-0.25, -0.2) is 0 Å². The highest BCUT2D eigenvalue weighted by atomic mass is 32.2. The molecule has 0 amide bonds. The molecule has 2 N–H and O–H groups in total. The van der Waals surface area contributed by atoms with Crippen LogP contribution in [0.25, 0.3) is 0 Å². The summed E-state index contributed by atoms with van der Waals surface area (Å²) >= 11 is 1.23. The predicted octanol–water partition coefficient (Wildman–Crippen LogP) is 2.33. The summed E-state index contributed by atoms with van der Waals surface area (Å²) in [6, 6.07) is 5.31. The molecule has 0 spiro atoms. The molecule has 1 aromatic carbocycles. The second-order valence-electron chi connectivity index (χ2n) is 4.28. The van der Waals surface area contributed by atoms with E-state index >= 15 is 0 Å². The molecular weight excluding hydrogens is 295 g/mol. The summed E-state index contributed by atoms with van der Waals surface area (Å²) < 4.78 is 48.0. The Bertz CT molecular complexity index is 427. The van der Waals surface area contributed by atoms with Gasteiger partial charge < -0.3 is 14.6 Å². The van der Waals surface area contributed by atoms with Crippen molar-refractivity contribution in [1.82, 2.24) is 4.72 Å². The first-order valence-corrected chi connectivity index (χ1v) is 6.80. The number of hydrogen-bond acceptors (Lipinski definition) is 5. The molecule has 2 rings (SSSR count). The zero-order chi connectivity index (χ0) is 14.6. The standard InChI is InChI=1S/C12H14F3NO3S/c13-12(14,15)19-8-1-3-9(4-2-8)20-16-10-7-18-6-5-11(10)17/h1-4,10-11,16-17H,5-7H2/t10-,11?/m1/s1. The smallest absolute Gasteiger partial charge is 0.406 e. The van der Waals surface area contributed by atoms with Gasteiger partial charge in [0.1, 0.15) is 5.75 Å². The van der Waals surface area contributed by atoms with Crippen LogP contribution < -0.4 is 9.46 Å². The van der Waals surface area contributed by atoms with Crippen LogP contribution in [0.3, 0.4) is 0 Å². The molecule has 1 aliphatic heterocycles. The predicted molar refractivity (Wildman–Crippen MR) is 67.3 cm³/mol. The van der Waals surface area contributed by atoms with Crippen molar-refractivity contribution in [3.63, 3.8) is 0 Å². The summed E-state index contributed by atoms with van der Waals surface area (Å²) in [4.78, 5) is 0.720. The van der Waals surface area contributed by atoms with Crippen LogP contribution in [0.2, 0.25) is 0 Å². The highest BCUT2D eigenvalue weighted by Crippen LogP contribution is 2.25. The van der Waals surface area contributed by atoms with Crippen LogP contribution in [0.15, 0.2) is 29.2 Å². The Balaban J connectivity index is 1.84. The molecule has 0 saturated carbocycles. The van der Waals surface area contributed by atoms with Crippen molar-refractivity contribution in [2.75, 3.05) is 13.2 Å². The summed E-state index contributed by atoms with van der Waals surface area (Å²) in [5.41, 5.74) is 0. The van der Waals surface area contributed by atoms with Gasteiger partial charge in [0, 0.05) is 11.5 Å². The van der Waals surface area contributed by atoms with Crippen LogP contribution >= 0.6 is 11.9 Å². The van der Waals surface area contributed by atoms with Crippen molar-refractivity contribution in [3.05, 3.63) is 24.3 Å². The Morgan fingerprint density at radius 2 is 2.00 bits per heavy atom. The van der Waals surface area contributed by atoms with Gasteiger partial charge in [0.15, 0.2) is 0 Å². The lowest BCUT2D eigenvalue weighted by molar-refractivity contribution is -0.274. The maximum atomic E-state index is 12.0. The number of alkyl halides is 3. The van der Waals surface area contributed by atoms with E-state index in [-0.39, 0.29) is 11.8 Å². The molecule has 8 heteroatoms. The minimum absolute atomic E-state index is 0.195. The molecule has 2 atom stereocenters. The van der Waals surface area contributed by atoms with Crippen LogP contribution in [-0.2, 0) is 4.74 Å². The van der Waals surface area contributed by atoms with E-state index < -0.39 is 12.5 Å². The SMILES string of the molecule is OC1CCOC[C@H]1NSc1ccc(OC(F)(F)F)cc1. The van der Waals surface area contributed by atoms with Crippen molar-refractivity contribution in [3.8, 4) is 5.75 Å². The second kappa shape index (κ2) is 6.66. The van der Waals surface area contributed by atoms with Gasteiger partial charge >= 0.3 is 6.36 Å². The lowest BCUT2D eigenvalue weighted by Crippen LogP contribution is -2.44. The highest BCUT2D eigenvalue weighted by Gasteiger charge is 2.31.